The van der Waals surface area contributed by atoms with Gasteiger partial charge in [-0.2, -0.15) is 5.26 Å². The van der Waals surface area contributed by atoms with E-state index in [9.17, 15) is 9.59 Å². The molecule has 0 saturated carbocycles. The Morgan fingerprint density at radius 2 is 1.93 bits per heavy atom. The van der Waals surface area contributed by atoms with Crippen LogP contribution in [-0.4, -0.2) is 36.6 Å². The second-order valence-corrected chi connectivity index (χ2v) is 6.70. The molecule has 4 rings (SSSR count). The third kappa shape index (κ3) is 3.27. The van der Waals surface area contributed by atoms with Crippen molar-refractivity contribution in [1.82, 2.24) is 4.90 Å². The maximum Gasteiger partial charge on any atom is 0.254 e. The molecule has 2 aromatic rings. The first-order valence-electron chi connectivity index (χ1n) is 8.24. The molecule has 2 amide bonds. The number of carbonyl (C=O) groups is 2. The lowest BCUT2D eigenvalue weighted by atomic mass is 9.97. The molecule has 7 nitrogen and oxygen atoms in total. The topological polar surface area (TPSA) is 91.7 Å². The summed E-state index contributed by atoms with van der Waals surface area (Å²) in [6.45, 7) is 0.760. The van der Waals surface area contributed by atoms with Crippen molar-refractivity contribution in [1.29, 1.82) is 5.26 Å². The van der Waals surface area contributed by atoms with E-state index in [1.54, 1.807) is 35.2 Å². The van der Waals surface area contributed by atoms with Crippen LogP contribution in [-0.2, 0) is 4.79 Å². The van der Waals surface area contributed by atoms with Crippen LogP contribution in [0.3, 0.4) is 0 Å². The fourth-order valence-electron chi connectivity index (χ4n) is 2.97. The number of halogens is 1. The molecule has 2 heterocycles. The molecule has 0 spiro atoms. The standard InChI is InChI=1S/C19H14ClN3O4/c20-14-3-1-12(7-21)15(6-14)22-18(24)13-8-23(9-13)19(25)11-2-4-16-17(5-11)27-10-26-16/h1-6,13H,8-10H2,(H,22,24). The highest BCUT2D eigenvalue weighted by Crippen LogP contribution is 2.33. The molecule has 1 saturated heterocycles. The largest absolute Gasteiger partial charge is 0.454 e. The third-order valence-electron chi connectivity index (χ3n) is 4.52. The quantitative estimate of drug-likeness (QED) is 0.879. The summed E-state index contributed by atoms with van der Waals surface area (Å²) in [5.41, 5.74) is 1.19. The van der Waals surface area contributed by atoms with Gasteiger partial charge in [0, 0.05) is 23.7 Å². The van der Waals surface area contributed by atoms with E-state index < -0.39 is 0 Å². The van der Waals surface area contributed by atoms with E-state index >= 15 is 0 Å². The molecule has 136 valence electrons. The fraction of sp³-hybridized carbons (Fsp3) is 0.211. The summed E-state index contributed by atoms with van der Waals surface area (Å²) in [4.78, 5) is 26.5. The number of nitrogens with zero attached hydrogens (tertiary/aromatic N) is 2. The number of likely N-dealkylation sites (tertiary alicyclic amines) is 1. The number of amides is 2. The van der Waals surface area contributed by atoms with E-state index in [0.717, 1.165) is 0 Å². The van der Waals surface area contributed by atoms with Crippen molar-refractivity contribution in [2.45, 2.75) is 0 Å². The van der Waals surface area contributed by atoms with Crippen molar-refractivity contribution in [2.75, 3.05) is 25.2 Å². The van der Waals surface area contributed by atoms with Crippen LogP contribution in [0.1, 0.15) is 15.9 Å². The van der Waals surface area contributed by atoms with Gasteiger partial charge < -0.3 is 19.7 Å². The lowest BCUT2D eigenvalue weighted by Gasteiger charge is -2.38. The van der Waals surface area contributed by atoms with E-state index in [1.807, 2.05) is 6.07 Å². The van der Waals surface area contributed by atoms with Gasteiger partial charge in [-0.3, -0.25) is 9.59 Å². The van der Waals surface area contributed by atoms with Gasteiger partial charge in [0.05, 0.1) is 17.2 Å². The Bertz CT molecular complexity index is 979. The van der Waals surface area contributed by atoms with Gasteiger partial charge in [-0.1, -0.05) is 11.6 Å². The van der Waals surface area contributed by atoms with Gasteiger partial charge in [-0.25, -0.2) is 0 Å². The van der Waals surface area contributed by atoms with Gasteiger partial charge in [0.2, 0.25) is 12.7 Å². The minimum absolute atomic E-state index is 0.146. The van der Waals surface area contributed by atoms with Crippen LogP contribution in [0.15, 0.2) is 36.4 Å². The molecule has 2 aliphatic heterocycles. The van der Waals surface area contributed by atoms with Crippen LogP contribution < -0.4 is 14.8 Å². The molecular weight excluding hydrogens is 370 g/mol. The Morgan fingerprint density at radius 1 is 1.15 bits per heavy atom. The first-order valence-corrected chi connectivity index (χ1v) is 8.62. The van der Waals surface area contributed by atoms with Gasteiger partial charge >= 0.3 is 0 Å². The van der Waals surface area contributed by atoms with Crippen molar-refractivity contribution in [3.63, 3.8) is 0 Å². The Balaban J connectivity index is 1.38. The number of fused-ring (bicyclic) bond motifs is 1. The molecule has 0 aromatic heterocycles. The second-order valence-electron chi connectivity index (χ2n) is 6.27. The Morgan fingerprint density at radius 3 is 2.70 bits per heavy atom. The molecular formula is C19H14ClN3O4. The SMILES string of the molecule is N#Cc1ccc(Cl)cc1NC(=O)C1CN(C(=O)c2ccc3c(c2)OCO3)C1. The smallest absolute Gasteiger partial charge is 0.254 e. The number of nitriles is 1. The van der Waals surface area contributed by atoms with Crippen LogP contribution in [0.4, 0.5) is 5.69 Å². The van der Waals surface area contributed by atoms with Crippen molar-refractivity contribution < 1.29 is 19.1 Å². The lowest BCUT2D eigenvalue weighted by molar-refractivity contribution is -0.123. The predicted molar refractivity (Wildman–Crippen MR) is 96.8 cm³/mol. The van der Waals surface area contributed by atoms with E-state index in [0.29, 0.717) is 46.4 Å². The summed E-state index contributed by atoms with van der Waals surface area (Å²) < 4.78 is 10.5. The number of ether oxygens (including phenoxy) is 2. The first-order chi connectivity index (χ1) is 13.0. The molecule has 0 unspecified atom stereocenters. The molecule has 8 heteroatoms. The van der Waals surface area contributed by atoms with Gasteiger partial charge in [0.15, 0.2) is 11.5 Å². The average Bonchev–Trinajstić information content (AvgIpc) is 3.08. The third-order valence-corrected chi connectivity index (χ3v) is 4.75. The molecule has 1 fully saturated rings. The van der Waals surface area contributed by atoms with E-state index in [-0.39, 0.29) is 24.5 Å². The van der Waals surface area contributed by atoms with Gasteiger partial charge in [-0.05, 0) is 36.4 Å². The zero-order valence-electron chi connectivity index (χ0n) is 14.1. The van der Waals surface area contributed by atoms with E-state index in [1.165, 1.54) is 6.07 Å². The average molecular weight is 384 g/mol. The summed E-state index contributed by atoms with van der Waals surface area (Å²) in [5, 5.41) is 12.3. The number of carbonyl (C=O) groups excluding carboxylic acids is 2. The molecule has 0 radical (unpaired) electrons. The molecule has 1 N–H and O–H groups in total. The van der Waals surface area contributed by atoms with Crippen molar-refractivity contribution in [2.24, 2.45) is 5.92 Å². The number of nitrogens with one attached hydrogen (secondary N) is 1. The number of rotatable bonds is 3. The van der Waals surface area contributed by atoms with Crippen molar-refractivity contribution >= 4 is 29.1 Å². The minimum atomic E-state index is -0.339. The van der Waals surface area contributed by atoms with Gasteiger partial charge in [0.25, 0.3) is 5.91 Å². The first kappa shape index (κ1) is 17.2. The van der Waals surface area contributed by atoms with Crippen LogP contribution >= 0.6 is 11.6 Å². The second kappa shape index (κ2) is 6.82. The molecule has 2 aliphatic rings. The molecule has 0 aliphatic carbocycles. The van der Waals surface area contributed by atoms with Crippen LogP contribution in [0, 0.1) is 17.2 Å². The summed E-state index contributed by atoms with van der Waals surface area (Å²) in [5.74, 6) is 0.401. The fourth-order valence-corrected chi connectivity index (χ4v) is 3.15. The summed E-state index contributed by atoms with van der Waals surface area (Å²) in [6.07, 6.45) is 0. The highest BCUT2D eigenvalue weighted by molar-refractivity contribution is 6.31. The van der Waals surface area contributed by atoms with Crippen LogP contribution in [0.25, 0.3) is 0 Å². The number of anilines is 1. The van der Waals surface area contributed by atoms with Gasteiger partial charge in [0.1, 0.15) is 6.07 Å². The molecule has 2 aromatic carbocycles. The highest BCUT2D eigenvalue weighted by atomic mass is 35.5. The normalized spacial score (nSPS) is 15.0. The van der Waals surface area contributed by atoms with Crippen molar-refractivity contribution in [3.8, 4) is 17.6 Å². The molecule has 27 heavy (non-hydrogen) atoms. The maximum atomic E-state index is 12.5. The highest BCUT2D eigenvalue weighted by Gasteiger charge is 2.36. The lowest BCUT2D eigenvalue weighted by Crippen LogP contribution is -2.54. The zero-order chi connectivity index (χ0) is 19.0. The maximum absolute atomic E-state index is 12.5. The Hall–Kier alpha value is -3.24. The predicted octanol–water partition coefficient (Wildman–Crippen LogP) is 2.65. The minimum Gasteiger partial charge on any atom is -0.454 e. The van der Waals surface area contributed by atoms with E-state index in [2.05, 4.69) is 5.32 Å². The summed E-state index contributed by atoms with van der Waals surface area (Å²) in [6, 6.07) is 11.7. The van der Waals surface area contributed by atoms with Crippen molar-refractivity contribution in [3.05, 3.63) is 52.5 Å². The number of hydrogen-bond donors (Lipinski definition) is 1. The van der Waals surface area contributed by atoms with Crippen LogP contribution in [0.5, 0.6) is 11.5 Å². The van der Waals surface area contributed by atoms with Gasteiger partial charge in [-0.15, -0.1) is 0 Å². The number of hydrogen-bond acceptors (Lipinski definition) is 5. The monoisotopic (exact) mass is 383 g/mol. The van der Waals surface area contributed by atoms with Crippen LogP contribution in [0.2, 0.25) is 5.02 Å². The zero-order valence-corrected chi connectivity index (χ0v) is 14.8. The molecule has 0 atom stereocenters. The number of benzene rings is 2. The Kier molecular flexibility index (Phi) is 4.34. The Labute approximate surface area is 160 Å². The molecule has 0 bridgehead atoms. The summed E-state index contributed by atoms with van der Waals surface area (Å²) in [7, 11) is 0. The van der Waals surface area contributed by atoms with E-state index in [4.69, 9.17) is 26.3 Å². The summed E-state index contributed by atoms with van der Waals surface area (Å²) >= 11 is 5.92.